The van der Waals surface area contributed by atoms with Crippen LogP contribution >= 0.6 is 0 Å². The molecule has 0 bridgehead atoms. The Labute approximate surface area is 173 Å². The highest BCUT2D eigenvalue weighted by Gasteiger charge is 2.50. The number of nitrogens with zero attached hydrogens (tertiary/aromatic N) is 2. The van der Waals surface area contributed by atoms with Crippen molar-refractivity contribution in [2.45, 2.75) is 64.1 Å². The second-order valence-electron chi connectivity index (χ2n) is 8.78. The lowest BCUT2D eigenvalue weighted by Gasteiger charge is -2.44. The summed E-state index contributed by atoms with van der Waals surface area (Å²) in [6.45, 7) is 7.31. The van der Waals surface area contributed by atoms with Gasteiger partial charge in [-0.15, -0.1) is 0 Å². The van der Waals surface area contributed by atoms with Crippen LogP contribution in [0.4, 0.5) is 10.5 Å². The number of para-hydroxylation sites is 1. The molecule has 29 heavy (non-hydrogen) atoms. The van der Waals surface area contributed by atoms with Crippen LogP contribution in [0.2, 0.25) is 0 Å². The van der Waals surface area contributed by atoms with Crippen LogP contribution < -0.4 is 5.32 Å². The summed E-state index contributed by atoms with van der Waals surface area (Å²) in [6.07, 6.45) is 5.29. The number of hydrogen-bond acceptors (Lipinski definition) is 3. The normalized spacial score (nSPS) is 29.4. The van der Waals surface area contributed by atoms with E-state index in [1.807, 2.05) is 34.1 Å². The van der Waals surface area contributed by atoms with Gasteiger partial charge in [0.15, 0.2) is 0 Å². The van der Waals surface area contributed by atoms with E-state index in [0.29, 0.717) is 13.1 Å². The Morgan fingerprint density at radius 2 is 1.90 bits per heavy atom. The molecule has 0 radical (unpaired) electrons. The van der Waals surface area contributed by atoms with Gasteiger partial charge in [-0.25, -0.2) is 4.79 Å². The molecule has 0 aromatic heterocycles. The van der Waals surface area contributed by atoms with Gasteiger partial charge in [0.25, 0.3) is 5.91 Å². The monoisotopic (exact) mass is 399 g/mol. The van der Waals surface area contributed by atoms with Crippen molar-refractivity contribution >= 4 is 17.6 Å². The Morgan fingerprint density at radius 1 is 1.14 bits per heavy atom. The van der Waals surface area contributed by atoms with E-state index in [0.717, 1.165) is 62.9 Å². The molecule has 3 amide bonds. The summed E-state index contributed by atoms with van der Waals surface area (Å²) in [5, 5.41) is 3.08. The molecule has 6 nitrogen and oxygen atoms in total. The van der Waals surface area contributed by atoms with Crippen LogP contribution in [0.1, 0.15) is 51.5 Å². The van der Waals surface area contributed by atoms with Crippen LogP contribution in [0.5, 0.6) is 0 Å². The van der Waals surface area contributed by atoms with E-state index >= 15 is 0 Å². The van der Waals surface area contributed by atoms with Gasteiger partial charge in [0.1, 0.15) is 6.10 Å². The van der Waals surface area contributed by atoms with Crippen molar-refractivity contribution in [1.29, 1.82) is 0 Å². The Kier molecular flexibility index (Phi) is 5.81. The van der Waals surface area contributed by atoms with Crippen molar-refractivity contribution < 1.29 is 14.3 Å². The second-order valence-corrected chi connectivity index (χ2v) is 8.78. The number of amides is 3. The number of ether oxygens (including phenoxy) is 1. The average molecular weight is 400 g/mol. The van der Waals surface area contributed by atoms with Gasteiger partial charge < -0.3 is 19.9 Å². The number of carbonyl (C=O) groups excluding carboxylic acids is 2. The first-order valence-electron chi connectivity index (χ1n) is 11.1. The van der Waals surface area contributed by atoms with E-state index < -0.39 is 0 Å². The first kappa shape index (κ1) is 20.2. The number of nitrogens with one attached hydrogen (secondary N) is 1. The highest BCUT2D eigenvalue weighted by atomic mass is 16.5. The molecule has 6 heteroatoms. The molecule has 158 valence electrons. The quantitative estimate of drug-likeness (QED) is 0.844. The van der Waals surface area contributed by atoms with Crippen LogP contribution in [0, 0.1) is 5.92 Å². The topological polar surface area (TPSA) is 61.9 Å². The molecule has 1 aromatic carbocycles. The summed E-state index contributed by atoms with van der Waals surface area (Å²) in [5.41, 5.74) is 1.77. The first-order valence-corrected chi connectivity index (χ1v) is 11.1. The second kappa shape index (κ2) is 8.34. The molecule has 3 fully saturated rings. The Morgan fingerprint density at radius 3 is 2.62 bits per heavy atom. The third-order valence-electron chi connectivity index (χ3n) is 7.02. The fraction of sp³-hybridized carbons (Fsp3) is 0.652. The van der Waals surface area contributed by atoms with Crippen LogP contribution in [-0.4, -0.2) is 59.6 Å². The molecule has 3 aliphatic heterocycles. The number of hydrogen-bond donors (Lipinski definition) is 1. The molecule has 3 atom stereocenters. The van der Waals surface area contributed by atoms with E-state index in [-0.39, 0.29) is 29.6 Å². The highest BCUT2D eigenvalue weighted by molar-refractivity contribution is 5.90. The molecule has 1 spiro atoms. The van der Waals surface area contributed by atoms with Crippen molar-refractivity contribution in [3.8, 4) is 0 Å². The summed E-state index contributed by atoms with van der Waals surface area (Å²) in [4.78, 5) is 29.4. The zero-order chi connectivity index (χ0) is 20.4. The van der Waals surface area contributed by atoms with Gasteiger partial charge >= 0.3 is 6.03 Å². The molecular formula is C23H33N3O3. The van der Waals surface area contributed by atoms with Crippen LogP contribution in [0.15, 0.2) is 24.3 Å². The zero-order valence-corrected chi connectivity index (χ0v) is 17.7. The average Bonchev–Trinajstić information content (AvgIpc) is 3.41. The molecule has 0 saturated carbocycles. The minimum absolute atomic E-state index is 0.0460. The largest absolute Gasteiger partial charge is 0.362 e. The summed E-state index contributed by atoms with van der Waals surface area (Å²) >= 11 is 0. The summed E-state index contributed by atoms with van der Waals surface area (Å²) in [6, 6.07) is 7.91. The molecule has 3 heterocycles. The van der Waals surface area contributed by atoms with Gasteiger partial charge in [-0.1, -0.05) is 32.0 Å². The fourth-order valence-electron chi connectivity index (χ4n) is 5.13. The van der Waals surface area contributed by atoms with Gasteiger partial charge in [0, 0.05) is 37.8 Å². The van der Waals surface area contributed by atoms with Crippen LogP contribution in [0.25, 0.3) is 0 Å². The molecule has 1 aromatic rings. The molecular weight excluding hydrogens is 366 g/mol. The minimum Gasteiger partial charge on any atom is -0.362 e. The van der Waals surface area contributed by atoms with E-state index in [9.17, 15) is 9.59 Å². The standard InChI is InChI=1S/C23H33N3O3/c1-3-18-8-4-5-9-19(18)24-22(28)26-15-12-23(17(2)16-26)11-10-20(29-23)21(27)25-13-6-7-14-25/h4-5,8-9,17,20H,3,6-7,10-16H2,1-2H3,(H,24,28)/t17-,20?,23+/m1/s1. The van der Waals surface area contributed by atoms with E-state index in [4.69, 9.17) is 4.74 Å². The third-order valence-corrected chi connectivity index (χ3v) is 7.02. The van der Waals surface area contributed by atoms with Gasteiger partial charge in [0.05, 0.1) is 5.60 Å². The van der Waals surface area contributed by atoms with Crippen molar-refractivity contribution in [2.75, 3.05) is 31.5 Å². The fourth-order valence-corrected chi connectivity index (χ4v) is 5.13. The van der Waals surface area contributed by atoms with Crippen LogP contribution in [-0.2, 0) is 16.0 Å². The smallest absolute Gasteiger partial charge is 0.321 e. The van der Waals surface area contributed by atoms with Crippen molar-refractivity contribution in [2.24, 2.45) is 5.92 Å². The van der Waals surface area contributed by atoms with Gasteiger partial charge in [0.2, 0.25) is 0 Å². The predicted octanol–water partition coefficient (Wildman–Crippen LogP) is 3.66. The SMILES string of the molecule is CCc1ccccc1NC(=O)N1CC[C@@]2(CCC(C(=O)N3CCCC3)O2)[C@H](C)C1. The zero-order valence-electron chi connectivity index (χ0n) is 17.7. The Balaban J connectivity index is 1.36. The van der Waals surface area contributed by atoms with Gasteiger partial charge in [-0.2, -0.15) is 0 Å². The van der Waals surface area contributed by atoms with E-state index in [1.54, 1.807) is 0 Å². The van der Waals surface area contributed by atoms with Crippen LogP contribution in [0.3, 0.4) is 0 Å². The van der Waals surface area contributed by atoms with E-state index in [1.165, 1.54) is 0 Å². The predicted molar refractivity (Wildman–Crippen MR) is 113 cm³/mol. The lowest BCUT2D eigenvalue weighted by Crippen LogP contribution is -2.54. The maximum absolute atomic E-state index is 12.8. The number of urea groups is 1. The molecule has 0 aliphatic carbocycles. The number of rotatable bonds is 3. The summed E-state index contributed by atoms with van der Waals surface area (Å²) < 4.78 is 6.41. The summed E-state index contributed by atoms with van der Waals surface area (Å²) in [5.74, 6) is 0.378. The summed E-state index contributed by atoms with van der Waals surface area (Å²) in [7, 11) is 0. The number of likely N-dealkylation sites (tertiary alicyclic amines) is 2. The molecule has 3 saturated heterocycles. The minimum atomic E-state index is -0.299. The lowest BCUT2D eigenvalue weighted by molar-refractivity contribution is -0.154. The Hall–Kier alpha value is -2.08. The molecule has 3 aliphatic rings. The van der Waals surface area contributed by atoms with Crippen molar-refractivity contribution in [3.63, 3.8) is 0 Å². The number of piperidine rings is 1. The molecule has 1 N–H and O–H groups in total. The van der Waals surface area contributed by atoms with Crippen molar-refractivity contribution in [3.05, 3.63) is 29.8 Å². The molecule has 4 rings (SSSR count). The van der Waals surface area contributed by atoms with Gasteiger partial charge in [-0.05, 0) is 50.2 Å². The Bertz CT molecular complexity index is 761. The highest BCUT2D eigenvalue weighted by Crippen LogP contribution is 2.43. The maximum Gasteiger partial charge on any atom is 0.321 e. The number of carbonyl (C=O) groups is 2. The lowest BCUT2D eigenvalue weighted by atomic mass is 9.80. The van der Waals surface area contributed by atoms with Gasteiger partial charge in [-0.3, -0.25) is 4.79 Å². The third kappa shape index (κ3) is 4.00. The molecule has 1 unspecified atom stereocenters. The number of anilines is 1. The maximum atomic E-state index is 12.8. The number of aryl methyl sites for hydroxylation is 1. The first-order chi connectivity index (χ1) is 14.0. The van der Waals surface area contributed by atoms with E-state index in [2.05, 4.69) is 19.2 Å². The number of benzene rings is 1. The van der Waals surface area contributed by atoms with Crippen molar-refractivity contribution in [1.82, 2.24) is 9.80 Å².